The zero-order chi connectivity index (χ0) is 17.5. The summed E-state index contributed by atoms with van der Waals surface area (Å²) >= 11 is 6.31. The van der Waals surface area contributed by atoms with E-state index in [0.29, 0.717) is 30.5 Å². The second-order valence-electron chi connectivity index (χ2n) is 5.77. The van der Waals surface area contributed by atoms with Crippen LogP contribution in [0.5, 0.6) is 5.75 Å². The van der Waals surface area contributed by atoms with Crippen molar-refractivity contribution in [2.75, 3.05) is 0 Å². The highest BCUT2D eigenvalue weighted by Crippen LogP contribution is 2.26. The van der Waals surface area contributed by atoms with Gasteiger partial charge < -0.3 is 10.1 Å². The van der Waals surface area contributed by atoms with E-state index in [4.69, 9.17) is 16.3 Å². The van der Waals surface area contributed by atoms with Crippen LogP contribution in [0, 0.1) is 5.82 Å². The fraction of sp³-hybridized carbons (Fsp3) is 0.143. The quantitative estimate of drug-likeness (QED) is 0.551. The summed E-state index contributed by atoms with van der Waals surface area (Å²) in [5, 5.41) is 3.91. The lowest BCUT2D eigenvalue weighted by atomic mass is 10.2. The van der Waals surface area contributed by atoms with Crippen molar-refractivity contribution in [2.45, 2.75) is 19.7 Å². The molecular formula is C21H20Cl2FNO. The highest BCUT2D eigenvalue weighted by atomic mass is 35.5. The summed E-state index contributed by atoms with van der Waals surface area (Å²) in [7, 11) is 0. The number of hydrogen-bond acceptors (Lipinski definition) is 2. The Morgan fingerprint density at radius 3 is 2.15 bits per heavy atom. The molecule has 3 aromatic carbocycles. The Balaban J connectivity index is 0.00000243. The van der Waals surface area contributed by atoms with E-state index < -0.39 is 0 Å². The van der Waals surface area contributed by atoms with Crippen LogP contribution in [-0.2, 0) is 19.7 Å². The largest absolute Gasteiger partial charge is 0.487 e. The van der Waals surface area contributed by atoms with Crippen molar-refractivity contribution in [1.82, 2.24) is 5.32 Å². The van der Waals surface area contributed by atoms with Crippen molar-refractivity contribution < 1.29 is 9.13 Å². The molecule has 2 nitrogen and oxygen atoms in total. The van der Waals surface area contributed by atoms with Crippen LogP contribution in [-0.4, -0.2) is 0 Å². The molecule has 1 N–H and O–H groups in total. The maximum Gasteiger partial charge on any atom is 0.138 e. The van der Waals surface area contributed by atoms with Crippen LogP contribution in [0.4, 0.5) is 4.39 Å². The fourth-order valence-corrected chi connectivity index (χ4v) is 2.72. The van der Waals surface area contributed by atoms with Crippen LogP contribution >= 0.6 is 24.0 Å². The highest BCUT2D eigenvalue weighted by molar-refractivity contribution is 6.32. The summed E-state index contributed by atoms with van der Waals surface area (Å²) in [5.74, 6) is 0.453. The van der Waals surface area contributed by atoms with E-state index in [1.165, 1.54) is 12.1 Å². The Morgan fingerprint density at radius 2 is 1.46 bits per heavy atom. The smallest absolute Gasteiger partial charge is 0.138 e. The van der Waals surface area contributed by atoms with Crippen molar-refractivity contribution in [3.05, 3.63) is 100 Å². The monoisotopic (exact) mass is 391 g/mol. The molecule has 0 heterocycles. The molecule has 0 fully saturated rings. The van der Waals surface area contributed by atoms with Gasteiger partial charge in [0.1, 0.15) is 18.2 Å². The van der Waals surface area contributed by atoms with Gasteiger partial charge in [-0.2, -0.15) is 0 Å². The van der Waals surface area contributed by atoms with Crippen molar-refractivity contribution in [3.63, 3.8) is 0 Å². The Labute approximate surface area is 164 Å². The molecule has 0 bridgehead atoms. The highest BCUT2D eigenvalue weighted by Gasteiger charge is 2.04. The molecule has 0 atom stereocenters. The molecule has 0 aromatic heterocycles. The minimum Gasteiger partial charge on any atom is -0.487 e. The Bertz CT molecular complexity index is 810. The van der Waals surface area contributed by atoms with Gasteiger partial charge in [0, 0.05) is 13.1 Å². The molecule has 3 aromatic rings. The van der Waals surface area contributed by atoms with E-state index in [9.17, 15) is 4.39 Å². The topological polar surface area (TPSA) is 21.3 Å². The summed E-state index contributed by atoms with van der Waals surface area (Å²) < 4.78 is 18.7. The molecule has 26 heavy (non-hydrogen) atoms. The SMILES string of the molecule is Cl.Fc1ccc(CNCc2ccc(OCc3ccccc3)c(Cl)c2)cc1. The third-order valence-corrected chi connectivity index (χ3v) is 4.10. The molecule has 0 aliphatic carbocycles. The predicted molar refractivity (Wildman–Crippen MR) is 106 cm³/mol. The van der Waals surface area contributed by atoms with Crippen LogP contribution in [0.3, 0.4) is 0 Å². The average Bonchev–Trinajstić information content (AvgIpc) is 2.63. The lowest BCUT2D eigenvalue weighted by Gasteiger charge is -2.10. The minimum absolute atomic E-state index is 0. The second-order valence-corrected chi connectivity index (χ2v) is 6.18. The van der Waals surface area contributed by atoms with Gasteiger partial charge >= 0.3 is 0 Å². The Morgan fingerprint density at radius 1 is 0.808 bits per heavy atom. The first-order chi connectivity index (χ1) is 12.2. The summed E-state index contributed by atoms with van der Waals surface area (Å²) in [6.07, 6.45) is 0. The van der Waals surface area contributed by atoms with E-state index in [-0.39, 0.29) is 18.2 Å². The molecular weight excluding hydrogens is 372 g/mol. The van der Waals surface area contributed by atoms with E-state index >= 15 is 0 Å². The first-order valence-electron chi connectivity index (χ1n) is 8.11. The normalized spacial score (nSPS) is 10.2. The third-order valence-electron chi connectivity index (χ3n) is 3.80. The number of halogens is 3. The van der Waals surface area contributed by atoms with Crippen molar-refractivity contribution in [1.29, 1.82) is 0 Å². The van der Waals surface area contributed by atoms with Gasteiger partial charge in [0.25, 0.3) is 0 Å². The van der Waals surface area contributed by atoms with Gasteiger partial charge in [-0.05, 0) is 41.0 Å². The molecule has 136 valence electrons. The van der Waals surface area contributed by atoms with E-state index in [2.05, 4.69) is 5.32 Å². The molecule has 0 saturated heterocycles. The first-order valence-corrected chi connectivity index (χ1v) is 8.49. The maximum atomic E-state index is 12.9. The van der Waals surface area contributed by atoms with E-state index in [1.54, 1.807) is 12.1 Å². The number of hydrogen-bond donors (Lipinski definition) is 1. The zero-order valence-corrected chi connectivity index (χ0v) is 15.7. The van der Waals surface area contributed by atoms with Crippen LogP contribution in [0.25, 0.3) is 0 Å². The Kier molecular flexibility index (Phi) is 7.92. The summed E-state index contributed by atoms with van der Waals surface area (Å²) in [5.41, 5.74) is 3.21. The lowest BCUT2D eigenvalue weighted by Crippen LogP contribution is -2.12. The van der Waals surface area contributed by atoms with Crippen LogP contribution in [0.2, 0.25) is 5.02 Å². The van der Waals surface area contributed by atoms with Gasteiger partial charge in [0.2, 0.25) is 0 Å². The van der Waals surface area contributed by atoms with Crippen molar-refractivity contribution in [3.8, 4) is 5.75 Å². The average molecular weight is 392 g/mol. The lowest BCUT2D eigenvalue weighted by molar-refractivity contribution is 0.306. The fourth-order valence-electron chi connectivity index (χ4n) is 2.46. The summed E-state index contributed by atoms with van der Waals surface area (Å²) in [4.78, 5) is 0. The summed E-state index contributed by atoms with van der Waals surface area (Å²) in [6, 6.07) is 22.2. The molecule has 0 spiro atoms. The minimum atomic E-state index is -0.221. The van der Waals surface area contributed by atoms with Gasteiger partial charge in [-0.3, -0.25) is 0 Å². The molecule has 0 unspecified atom stereocenters. The predicted octanol–water partition coefficient (Wildman–Crippen LogP) is 5.77. The van der Waals surface area contributed by atoms with E-state index in [0.717, 1.165) is 16.7 Å². The molecule has 5 heteroatoms. The number of nitrogens with one attached hydrogen (secondary N) is 1. The summed E-state index contributed by atoms with van der Waals surface area (Å²) in [6.45, 7) is 1.84. The molecule has 0 aliphatic rings. The maximum absolute atomic E-state index is 12.9. The molecule has 0 aliphatic heterocycles. The van der Waals surface area contributed by atoms with Crippen LogP contribution in [0.1, 0.15) is 16.7 Å². The van der Waals surface area contributed by atoms with E-state index in [1.807, 2.05) is 48.5 Å². The van der Waals surface area contributed by atoms with Gasteiger partial charge in [-0.25, -0.2) is 4.39 Å². The molecule has 0 saturated carbocycles. The van der Waals surface area contributed by atoms with Crippen LogP contribution < -0.4 is 10.1 Å². The number of rotatable bonds is 7. The van der Waals surface area contributed by atoms with Gasteiger partial charge in [-0.15, -0.1) is 12.4 Å². The van der Waals surface area contributed by atoms with Crippen molar-refractivity contribution in [2.24, 2.45) is 0 Å². The number of benzene rings is 3. The van der Waals surface area contributed by atoms with Gasteiger partial charge in [-0.1, -0.05) is 60.1 Å². The van der Waals surface area contributed by atoms with Gasteiger partial charge in [0.05, 0.1) is 5.02 Å². The molecule has 3 rings (SSSR count). The molecule has 0 radical (unpaired) electrons. The van der Waals surface area contributed by atoms with Crippen molar-refractivity contribution >= 4 is 24.0 Å². The van der Waals surface area contributed by atoms with Gasteiger partial charge in [0.15, 0.2) is 0 Å². The first kappa shape index (κ1) is 20.2. The molecule has 0 amide bonds. The second kappa shape index (κ2) is 10.2. The zero-order valence-electron chi connectivity index (χ0n) is 14.1. The third kappa shape index (κ3) is 6.03. The number of ether oxygens (including phenoxy) is 1. The Hall–Kier alpha value is -2.07. The van der Waals surface area contributed by atoms with Crippen LogP contribution in [0.15, 0.2) is 72.8 Å². The standard InChI is InChI=1S/C21H19ClFNO.ClH/c22-20-12-18(14-24-13-16-6-9-19(23)10-7-16)8-11-21(20)25-15-17-4-2-1-3-5-17;/h1-12,24H,13-15H2;1H.